The van der Waals surface area contributed by atoms with Crippen LogP contribution >= 0.6 is 12.2 Å². The minimum Gasteiger partial charge on any atom is -0.493 e. The molecule has 0 atom stereocenters. The summed E-state index contributed by atoms with van der Waals surface area (Å²) < 4.78 is 12.8. The summed E-state index contributed by atoms with van der Waals surface area (Å²) in [6.07, 6.45) is 0. The standard InChI is InChI=1S/C13H18N4O2S/c1-15-4-5-17-12(14)8-6-10(18-2)11(19-3)7-9(8)16-13(17)20/h6-7,14-15H,4-5H2,1-3H3,(H,16,20). The Balaban J connectivity index is 2.71. The van der Waals surface area contributed by atoms with Crippen LogP contribution in [0.5, 0.6) is 11.5 Å². The van der Waals surface area contributed by atoms with E-state index in [-0.39, 0.29) is 0 Å². The molecule has 3 N–H and O–H groups in total. The molecule has 0 unspecified atom stereocenters. The van der Waals surface area contributed by atoms with Crippen LogP contribution in [0, 0.1) is 10.2 Å². The third kappa shape index (κ3) is 2.54. The van der Waals surface area contributed by atoms with E-state index >= 15 is 0 Å². The van der Waals surface area contributed by atoms with Crippen LogP contribution in [0.1, 0.15) is 0 Å². The number of rotatable bonds is 5. The molecule has 0 amide bonds. The molecule has 108 valence electrons. The Labute approximate surface area is 121 Å². The van der Waals surface area contributed by atoms with Gasteiger partial charge in [0.1, 0.15) is 5.49 Å². The SMILES string of the molecule is CNCCn1c(=S)[nH]c2cc(OC)c(OC)cc2c1=N. The summed E-state index contributed by atoms with van der Waals surface area (Å²) in [4.78, 5) is 3.13. The molecule has 1 aromatic heterocycles. The number of nitrogens with one attached hydrogen (secondary N) is 3. The van der Waals surface area contributed by atoms with Crippen LogP contribution in [0.15, 0.2) is 12.1 Å². The Morgan fingerprint density at radius 1 is 1.30 bits per heavy atom. The van der Waals surface area contributed by atoms with Gasteiger partial charge in [0.15, 0.2) is 16.3 Å². The Bertz CT molecular complexity index is 735. The lowest BCUT2D eigenvalue weighted by atomic mass is 10.2. The second-order valence-electron chi connectivity index (χ2n) is 4.29. The predicted molar refractivity (Wildman–Crippen MR) is 80.0 cm³/mol. The van der Waals surface area contributed by atoms with Gasteiger partial charge in [-0.25, -0.2) is 0 Å². The van der Waals surface area contributed by atoms with Crippen LogP contribution in [-0.2, 0) is 6.54 Å². The lowest BCUT2D eigenvalue weighted by Crippen LogP contribution is -2.27. The first-order valence-electron chi connectivity index (χ1n) is 6.20. The first kappa shape index (κ1) is 14.5. The maximum atomic E-state index is 8.31. The van der Waals surface area contributed by atoms with Crippen LogP contribution < -0.4 is 20.3 Å². The molecule has 1 aromatic carbocycles. The van der Waals surface area contributed by atoms with Gasteiger partial charge in [-0.05, 0) is 25.3 Å². The highest BCUT2D eigenvalue weighted by molar-refractivity contribution is 7.71. The zero-order chi connectivity index (χ0) is 14.7. The minimum absolute atomic E-state index is 0.361. The molecule has 0 saturated carbocycles. The summed E-state index contributed by atoms with van der Waals surface area (Å²) >= 11 is 5.31. The summed E-state index contributed by atoms with van der Waals surface area (Å²) in [5.74, 6) is 1.21. The van der Waals surface area contributed by atoms with E-state index in [2.05, 4.69) is 10.3 Å². The largest absolute Gasteiger partial charge is 0.493 e. The molecule has 20 heavy (non-hydrogen) atoms. The Hall–Kier alpha value is -1.86. The molecular formula is C13H18N4O2S. The van der Waals surface area contributed by atoms with Crippen LogP contribution in [-0.4, -0.2) is 37.4 Å². The van der Waals surface area contributed by atoms with Crippen LogP contribution in [0.25, 0.3) is 10.9 Å². The normalized spacial score (nSPS) is 10.8. The van der Waals surface area contributed by atoms with Gasteiger partial charge in [0, 0.05) is 24.5 Å². The summed E-state index contributed by atoms with van der Waals surface area (Å²) in [5.41, 5.74) is 1.12. The molecule has 0 aliphatic carbocycles. The maximum absolute atomic E-state index is 8.31. The van der Waals surface area contributed by atoms with Gasteiger partial charge < -0.3 is 24.3 Å². The average molecular weight is 294 g/mol. The first-order valence-corrected chi connectivity index (χ1v) is 6.61. The van der Waals surface area contributed by atoms with Crippen molar-refractivity contribution in [2.24, 2.45) is 0 Å². The maximum Gasteiger partial charge on any atom is 0.179 e. The van der Waals surface area contributed by atoms with E-state index in [1.165, 1.54) is 0 Å². The molecule has 6 nitrogen and oxygen atoms in total. The van der Waals surface area contributed by atoms with Crippen molar-refractivity contribution in [2.75, 3.05) is 27.8 Å². The van der Waals surface area contributed by atoms with E-state index in [0.717, 1.165) is 17.4 Å². The fourth-order valence-corrected chi connectivity index (χ4v) is 2.34. The van der Waals surface area contributed by atoms with E-state index in [0.29, 0.717) is 28.3 Å². The highest BCUT2D eigenvalue weighted by Gasteiger charge is 2.09. The van der Waals surface area contributed by atoms with Gasteiger partial charge in [-0.2, -0.15) is 0 Å². The Morgan fingerprint density at radius 3 is 2.55 bits per heavy atom. The molecule has 7 heteroatoms. The summed E-state index contributed by atoms with van der Waals surface area (Å²) in [6, 6.07) is 3.59. The van der Waals surface area contributed by atoms with Gasteiger partial charge in [0.25, 0.3) is 0 Å². The molecule has 0 radical (unpaired) electrons. The quantitative estimate of drug-likeness (QED) is 0.729. The van der Waals surface area contributed by atoms with Crippen molar-refractivity contribution in [1.29, 1.82) is 5.41 Å². The topological polar surface area (TPSA) is 75.1 Å². The van der Waals surface area contributed by atoms with Gasteiger partial charge in [0.2, 0.25) is 0 Å². The van der Waals surface area contributed by atoms with E-state index in [4.69, 9.17) is 27.1 Å². The molecule has 0 saturated heterocycles. The molecule has 1 heterocycles. The van der Waals surface area contributed by atoms with Crippen LogP contribution in [0.3, 0.4) is 0 Å². The number of aromatic amines is 1. The zero-order valence-corrected chi connectivity index (χ0v) is 12.6. The molecule has 0 fully saturated rings. The fraction of sp³-hybridized carbons (Fsp3) is 0.385. The average Bonchev–Trinajstić information content (AvgIpc) is 2.46. The van der Waals surface area contributed by atoms with Gasteiger partial charge in [-0.15, -0.1) is 0 Å². The van der Waals surface area contributed by atoms with Gasteiger partial charge in [-0.1, -0.05) is 0 Å². The predicted octanol–water partition coefficient (Wildman–Crippen LogP) is 1.41. The number of hydrogen-bond donors (Lipinski definition) is 3. The van der Waals surface area contributed by atoms with Gasteiger partial charge >= 0.3 is 0 Å². The Morgan fingerprint density at radius 2 is 1.95 bits per heavy atom. The molecule has 2 aromatic rings. The number of fused-ring (bicyclic) bond motifs is 1. The highest BCUT2D eigenvalue weighted by atomic mass is 32.1. The zero-order valence-electron chi connectivity index (χ0n) is 11.7. The van der Waals surface area contributed by atoms with Crippen molar-refractivity contribution >= 4 is 23.1 Å². The van der Waals surface area contributed by atoms with Gasteiger partial charge in [0.05, 0.1) is 19.7 Å². The molecule has 2 rings (SSSR count). The minimum atomic E-state index is 0.361. The monoisotopic (exact) mass is 294 g/mol. The fourth-order valence-electron chi connectivity index (χ4n) is 2.04. The van der Waals surface area contributed by atoms with E-state index in [1.54, 1.807) is 30.9 Å². The van der Waals surface area contributed by atoms with Crippen molar-refractivity contribution in [3.05, 3.63) is 22.4 Å². The van der Waals surface area contributed by atoms with Gasteiger partial charge in [-0.3, -0.25) is 5.41 Å². The number of aromatic nitrogens is 2. The molecule has 0 aliphatic heterocycles. The van der Waals surface area contributed by atoms with Crippen molar-refractivity contribution in [3.8, 4) is 11.5 Å². The lowest BCUT2D eigenvalue weighted by molar-refractivity contribution is 0.355. The molecule has 0 spiro atoms. The number of likely N-dealkylation sites (N-methyl/N-ethyl adjacent to an activating group) is 1. The first-order chi connectivity index (χ1) is 9.62. The smallest absolute Gasteiger partial charge is 0.179 e. The second-order valence-corrected chi connectivity index (χ2v) is 4.67. The second kappa shape index (κ2) is 6.06. The van der Waals surface area contributed by atoms with Crippen molar-refractivity contribution in [3.63, 3.8) is 0 Å². The van der Waals surface area contributed by atoms with Crippen LogP contribution in [0.2, 0.25) is 0 Å². The summed E-state index contributed by atoms with van der Waals surface area (Å²) in [6.45, 7) is 1.38. The number of nitrogens with zero attached hydrogens (tertiary/aromatic N) is 1. The number of H-pyrrole nitrogens is 1. The van der Waals surface area contributed by atoms with Crippen molar-refractivity contribution in [2.45, 2.75) is 6.54 Å². The highest BCUT2D eigenvalue weighted by Crippen LogP contribution is 2.29. The lowest BCUT2D eigenvalue weighted by Gasteiger charge is -2.12. The molecule has 0 aliphatic rings. The molecular weight excluding hydrogens is 276 g/mol. The Kier molecular flexibility index (Phi) is 4.41. The number of methoxy groups -OCH3 is 2. The number of hydrogen-bond acceptors (Lipinski definition) is 5. The summed E-state index contributed by atoms with van der Waals surface area (Å²) in [5, 5.41) is 12.1. The third-order valence-corrected chi connectivity index (χ3v) is 3.44. The number of benzene rings is 1. The summed E-state index contributed by atoms with van der Waals surface area (Å²) in [7, 11) is 5.02. The van der Waals surface area contributed by atoms with Crippen LogP contribution in [0.4, 0.5) is 0 Å². The molecule has 0 bridgehead atoms. The van der Waals surface area contributed by atoms with E-state index in [1.807, 2.05) is 7.05 Å². The van der Waals surface area contributed by atoms with Crippen molar-refractivity contribution < 1.29 is 9.47 Å². The van der Waals surface area contributed by atoms with E-state index in [9.17, 15) is 0 Å². The van der Waals surface area contributed by atoms with Crippen molar-refractivity contribution in [1.82, 2.24) is 14.9 Å². The number of ether oxygens (including phenoxy) is 2. The van der Waals surface area contributed by atoms with E-state index < -0.39 is 0 Å². The third-order valence-electron chi connectivity index (χ3n) is 3.12.